The van der Waals surface area contributed by atoms with Gasteiger partial charge in [-0.25, -0.2) is 4.79 Å². The summed E-state index contributed by atoms with van der Waals surface area (Å²) in [5, 5.41) is 23.2. The van der Waals surface area contributed by atoms with E-state index in [9.17, 15) is 14.7 Å². The number of allylic oxidation sites excluding steroid dienone is 1. The summed E-state index contributed by atoms with van der Waals surface area (Å²) >= 11 is 6.47. The molecule has 1 aliphatic heterocycles. The van der Waals surface area contributed by atoms with Gasteiger partial charge in [-0.15, -0.1) is 0 Å². The Labute approximate surface area is 182 Å². The molecule has 3 N–H and O–H groups in total. The number of carbonyl (C=O) groups is 2. The monoisotopic (exact) mass is 432 g/mol. The Morgan fingerprint density at radius 1 is 1.37 bits per heavy atom. The number of aliphatic carboxylic acids is 1. The second-order valence-corrected chi connectivity index (χ2v) is 8.79. The number of carboxylic acids is 1. The van der Waals surface area contributed by atoms with E-state index < -0.39 is 17.6 Å². The Hall–Kier alpha value is -2.18. The van der Waals surface area contributed by atoms with Crippen molar-refractivity contribution in [2.45, 2.75) is 70.4 Å². The molecule has 1 fully saturated rings. The van der Waals surface area contributed by atoms with Gasteiger partial charge in [-0.05, 0) is 55.4 Å². The number of hydrogen-bond acceptors (Lipinski definition) is 5. The molecule has 2 atom stereocenters. The van der Waals surface area contributed by atoms with Gasteiger partial charge in [0, 0.05) is 24.8 Å². The van der Waals surface area contributed by atoms with E-state index in [1.165, 1.54) is 19.3 Å². The van der Waals surface area contributed by atoms with Gasteiger partial charge in [-0.2, -0.15) is 0 Å². The van der Waals surface area contributed by atoms with Crippen LogP contribution in [0, 0.1) is 19.8 Å². The summed E-state index contributed by atoms with van der Waals surface area (Å²) < 4.78 is 0. The van der Waals surface area contributed by atoms with E-state index in [0.717, 1.165) is 35.2 Å². The van der Waals surface area contributed by atoms with Crippen LogP contribution in [-0.4, -0.2) is 40.3 Å². The number of halogens is 1. The van der Waals surface area contributed by atoms with Crippen molar-refractivity contribution in [3.63, 3.8) is 0 Å². The third-order valence-electron chi connectivity index (χ3n) is 6.36. The van der Waals surface area contributed by atoms with Gasteiger partial charge in [0.2, 0.25) is 0 Å². The Kier molecular flexibility index (Phi) is 6.98. The van der Waals surface area contributed by atoms with E-state index in [4.69, 9.17) is 16.7 Å². The van der Waals surface area contributed by atoms with Crippen LogP contribution in [-0.2, 0) is 16.0 Å². The zero-order valence-electron chi connectivity index (χ0n) is 17.4. The SMILES string of the molecule is Cc1cc(NC(C=O)C(=O)O)c(Cl)c(C)c1CC1=CCC(O)(C2CCCCC2)C=N1. The lowest BCUT2D eigenvalue weighted by Crippen LogP contribution is -2.41. The van der Waals surface area contributed by atoms with Crippen molar-refractivity contribution in [2.75, 3.05) is 5.32 Å². The smallest absolute Gasteiger partial charge is 0.333 e. The molecule has 0 radical (unpaired) electrons. The number of benzene rings is 1. The number of nitrogens with one attached hydrogen (secondary N) is 1. The predicted molar refractivity (Wildman–Crippen MR) is 118 cm³/mol. The Balaban J connectivity index is 1.76. The number of rotatable bonds is 7. The number of anilines is 1. The number of aryl methyl sites for hydroxylation is 1. The normalized spacial score (nSPS) is 23.0. The lowest BCUT2D eigenvalue weighted by atomic mass is 9.75. The molecule has 3 rings (SSSR count). The molecule has 1 aromatic rings. The molecule has 0 spiro atoms. The summed E-state index contributed by atoms with van der Waals surface area (Å²) in [6.07, 6.45) is 10.9. The number of hydrogen-bond donors (Lipinski definition) is 3. The van der Waals surface area contributed by atoms with E-state index in [1.807, 2.05) is 19.9 Å². The third-order valence-corrected chi connectivity index (χ3v) is 6.84. The first-order valence-electron chi connectivity index (χ1n) is 10.4. The average molecular weight is 433 g/mol. The highest BCUT2D eigenvalue weighted by molar-refractivity contribution is 6.34. The minimum Gasteiger partial charge on any atom is -0.479 e. The van der Waals surface area contributed by atoms with Crippen LogP contribution >= 0.6 is 11.6 Å². The second kappa shape index (κ2) is 9.31. The van der Waals surface area contributed by atoms with Crippen molar-refractivity contribution in [3.05, 3.63) is 39.6 Å². The highest BCUT2D eigenvalue weighted by Gasteiger charge is 2.36. The molecule has 162 valence electrons. The van der Waals surface area contributed by atoms with Gasteiger partial charge >= 0.3 is 5.97 Å². The minimum absolute atomic E-state index is 0.274. The molecular formula is C23H29ClN2O4. The van der Waals surface area contributed by atoms with E-state index >= 15 is 0 Å². The van der Waals surface area contributed by atoms with Crippen molar-refractivity contribution in [2.24, 2.45) is 10.9 Å². The Morgan fingerprint density at radius 2 is 2.07 bits per heavy atom. The molecule has 0 aromatic heterocycles. The minimum atomic E-state index is -1.35. The maximum absolute atomic E-state index is 11.1. The van der Waals surface area contributed by atoms with Crippen LogP contribution in [0.2, 0.25) is 5.02 Å². The molecule has 1 heterocycles. The number of aldehydes is 1. The molecule has 0 saturated heterocycles. The lowest BCUT2D eigenvalue weighted by Gasteiger charge is -2.36. The van der Waals surface area contributed by atoms with Crippen molar-refractivity contribution >= 4 is 35.8 Å². The van der Waals surface area contributed by atoms with Crippen LogP contribution in [0.5, 0.6) is 0 Å². The summed E-state index contributed by atoms with van der Waals surface area (Å²) in [4.78, 5) is 26.7. The summed E-state index contributed by atoms with van der Waals surface area (Å²) in [6.45, 7) is 3.80. The first kappa shape index (κ1) is 22.5. The van der Waals surface area contributed by atoms with Crippen LogP contribution < -0.4 is 5.32 Å². The third kappa shape index (κ3) is 4.76. The fraction of sp³-hybridized carbons (Fsp3) is 0.522. The van der Waals surface area contributed by atoms with Gasteiger partial charge in [0.25, 0.3) is 0 Å². The quantitative estimate of drug-likeness (QED) is 0.442. The molecule has 1 aromatic carbocycles. The summed E-state index contributed by atoms with van der Waals surface area (Å²) in [6, 6.07) is 0.408. The van der Waals surface area contributed by atoms with Gasteiger partial charge in [0.1, 0.15) is 5.60 Å². The molecule has 1 aliphatic carbocycles. The van der Waals surface area contributed by atoms with Crippen LogP contribution in [0.1, 0.15) is 55.2 Å². The van der Waals surface area contributed by atoms with E-state index in [2.05, 4.69) is 10.3 Å². The van der Waals surface area contributed by atoms with Gasteiger partial charge < -0.3 is 20.3 Å². The molecular weight excluding hydrogens is 404 g/mol. The van der Waals surface area contributed by atoms with E-state index in [-0.39, 0.29) is 5.92 Å². The fourth-order valence-electron chi connectivity index (χ4n) is 4.45. The summed E-state index contributed by atoms with van der Waals surface area (Å²) in [5.74, 6) is -0.983. The molecule has 30 heavy (non-hydrogen) atoms. The molecule has 0 amide bonds. The summed E-state index contributed by atoms with van der Waals surface area (Å²) in [5.41, 5.74) is 3.21. The standard InChI is InChI=1S/C23H29ClN2O4/c1-14-10-19(26-20(12-27)22(28)29)21(24)15(2)18(14)11-17-8-9-23(30,13-25-17)16-6-4-3-5-7-16/h8,10,12-13,16,20,26,30H,3-7,9,11H2,1-2H3,(H,28,29). The van der Waals surface area contributed by atoms with Crippen molar-refractivity contribution in [3.8, 4) is 0 Å². The van der Waals surface area contributed by atoms with E-state index in [0.29, 0.717) is 29.8 Å². The molecule has 2 aliphatic rings. The topological polar surface area (TPSA) is 99.0 Å². The molecule has 0 bridgehead atoms. The van der Waals surface area contributed by atoms with Crippen molar-refractivity contribution < 1.29 is 19.8 Å². The number of aliphatic hydroxyl groups is 1. The van der Waals surface area contributed by atoms with Crippen molar-refractivity contribution in [1.29, 1.82) is 0 Å². The van der Waals surface area contributed by atoms with Gasteiger partial charge in [-0.1, -0.05) is 36.9 Å². The van der Waals surface area contributed by atoms with Crippen molar-refractivity contribution in [1.82, 2.24) is 0 Å². The highest BCUT2D eigenvalue weighted by Crippen LogP contribution is 2.37. The number of carboxylic acid groups (broad SMARTS) is 1. The summed E-state index contributed by atoms with van der Waals surface area (Å²) in [7, 11) is 0. The Morgan fingerprint density at radius 3 is 2.63 bits per heavy atom. The lowest BCUT2D eigenvalue weighted by molar-refractivity contribution is -0.139. The fourth-order valence-corrected chi connectivity index (χ4v) is 4.67. The highest BCUT2D eigenvalue weighted by atomic mass is 35.5. The molecule has 1 saturated carbocycles. The first-order valence-corrected chi connectivity index (χ1v) is 10.8. The molecule has 6 nitrogen and oxygen atoms in total. The van der Waals surface area contributed by atoms with Gasteiger partial charge in [0.05, 0.1) is 10.7 Å². The largest absolute Gasteiger partial charge is 0.479 e. The average Bonchev–Trinajstić information content (AvgIpc) is 2.74. The predicted octanol–water partition coefficient (Wildman–Crippen LogP) is 4.23. The number of carbonyl (C=O) groups excluding carboxylic acids is 1. The zero-order chi connectivity index (χ0) is 21.9. The van der Waals surface area contributed by atoms with Crippen LogP contribution in [0.3, 0.4) is 0 Å². The van der Waals surface area contributed by atoms with Gasteiger partial charge in [0.15, 0.2) is 12.3 Å². The van der Waals surface area contributed by atoms with Crippen LogP contribution in [0.25, 0.3) is 0 Å². The van der Waals surface area contributed by atoms with Crippen LogP contribution in [0.15, 0.2) is 22.8 Å². The Bertz CT molecular complexity index is 890. The molecule has 2 unspecified atom stereocenters. The maximum atomic E-state index is 11.1. The van der Waals surface area contributed by atoms with Gasteiger partial charge in [-0.3, -0.25) is 4.99 Å². The van der Waals surface area contributed by atoms with E-state index in [1.54, 1.807) is 12.3 Å². The number of aliphatic imine (C=N–C) groups is 1. The number of nitrogens with zero attached hydrogens (tertiary/aromatic N) is 1. The second-order valence-electron chi connectivity index (χ2n) is 8.42. The maximum Gasteiger partial charge on any atom is 0.333 e. The molecule has 7 heteroatoms. The van der Waals surface area contributed by atoms with Crippen LogP contribution in [0.4, 0.5) is 5.69 Å². The first-order chi connectivity index (χ1) is 14.2. The zero-order valence-corrected chi connectivity index (χ0v) is 18.2.